The summed E-state index contributed by atoms with van der Waals surface area (Å²) in [5, 5.41) is 13.1. The highest BCUT2D eigenvalue weighted by molar-refractivity contribution is 9.10. The molecule has 1 fully saturated rings. The van der Waals surface area contributed by atoms with Gasteiger partial charge >= 0.3 is 0 Å². The van der Waals surface area contributed by atoms with Crippen molar-refractivity contribution in [1.82, 2.24) is 5.32 Å². The maximum atomic E-state index is 9.56. The molecule has 0 aromatic heterocycles. The first kappa shape index (κ1) is 16.3. The molecule has 1 aromatic carbocycles. The quantitative estimate of drug-likeness (QED) is 0.512. The molecule has 1 saturated carbocycles. The Kier molecular flexibility index (Phi) is 6.40. The number of unbranched alkanes of at least 4 members (excludes halogenated alkanes) is 1. The van der Waals surface area contributed by atoms with Gasteiger partial charge in [0.15, 0.2) is 0 Å². The number of hydrogen-bond donors (Lipinski definition) is 2. The summed E-state index contributed by atoms with van der Waals surface area (Å²) in [6, 6.07) is 9.02. The maximum absolute atomic E-state index is 9.56. The minimum Gasteiger partial charge on any atom is -0.394 e. The van der Waals surface area contributed by atoms with Crippen molar-refractivity contribution in [2.45, 2.75) is 55.5 Å². The van der Waals surface area contributed by atoms with Gasteiger partial charge in [-0.1, -0.05) is 18.6 Å². The zero-order valence-electron chi connectivity index (χ0n) is 12.1. The summed E-state index contributed by atoms with van der Waals surface area (Å²) >= 11 is 5.48. The van der Waals surface area contributed by atoms with E-state index < -0.39 is 0 Å². The summed E-state index contributed by atoms with van der Waals surface area (Å²) in [6.07, 6.45) is 5.94. The number of thioether (sulfide) groups is 1. The van der Waals surface area contributed by atoms with Crippen LogP contribution in [-0.4, -0.2) is 29.0 Å². The molecular weight excluding hydrogens is 334 g/mol. The van der Waals surface area contributed by atoms with Crippen LogP contribution in [0.25, 0.3) is 0 Å². The molecule has 2 nitrogen and oxygen atoms in total. The van der Waals surface area contributed by atoms with E-state index in [0.29, 0.717) is 6.04 Å². The largest absolute Gasteiger partial charge is 0.394 e. The topological polar surface area (TPSA) is 32.3 Å². The smallest absolute Gasteiger partial charge is 0.0610 e. The molecule has 0 radical (unpaired) electrons. The third kappa shape index (κ3) is 5.40. The predicted octanol–water partition coefficient (Wildman–Crippen LogP) is 4.21. The fourth-order valence-electron chi connectivity index (χ4n) is 2.28. The Balaban J connectivity index is 1.64. The van der Waals surface area contributed by atoms with Crippen molar-refractivity contribution >= 4 is 27.7 Å². The van der Waals surface area contributed by atoms with Crippen LogP contribution >= 0.6 is 27.7 Å². The highest BCUT2D eigenvalue weighted by Crippen LogP contribution is 2.29. The van der Waals surface area contributed by atoms with E-state index in [4.69, 9.17) is 0 Å². The lowest BCUT2D eigenvalue weighted by Gasteiger charge is -2.29. The van der Waals surface area contributed by atoms with E-state index in [1.54, 1.807) is 0 Å². The number of benzene rings is 1. The highest BCUT2D eigenvalue weighted by Gasteiger charge is 2.31. The van der Waals surface area contributed by atoms with E-state index >= 15 is 0 Å². The molecule has 112 valence electrons. The average Bonchev–Trinajstić information content (AvgIpc) is 3.24. The second-order valence-corrected chi connectivity index (χ2v) is 7.86. The molecule has 1 aliphatic rings. The van der Waals surface area contributed by atoms with Crippen molar-refractivity contribution in [2.75, 3.05) is 12.4 Å². The standard InChI is InChI=1S/C16H24BrNOS/c1-16(12-19,18-13-8-9-13)10-4-5-11-20-15-7-3-2-6-14(15)17/h2-3,6-7,13,18-19H,4-5,8-12H2,1H3. The van der Waals surface area contributed by atoms with Gasteiger partial charge < -0.3 is 10.4 Å². The van der Waals surface area contributed by atoms with E-state index in [2.05, 4.69) is 46.4 Å². The first-order chi connectivity index (χ1) is 9.63. The molecule has 1 aliphatic carbocycles. The molecule has 0 heterocycles. The van der Waals surface area contributed by atoms with Gasteiger partial charge in [-0.3, -0.25) is 0 Å². The molecule has 1 aromatic rings. The Bertz CT molecular complexity index is 425. The van der Waals surface area contributed by atoms with Gasteiger partial charge in [0.25, 0.3) is 0 Å². The molecule has 1 atom stereocenters. The minimum absolute atomic E-state index is 0.0842. The van der Waals surface area contributed by atoms with E-state index in [9.17, 15) is 5.11 Å². The van der Waals surface area contributed by atoms with Gasteiger partial charge in [-0.05, 0) is 66.4 Å². The van der Waals surface area contributed by atoms with Crippen LogP contribution in [0.5, 0.6) is 0 Å². The van der Waals surface area contributed by atoms with E-state index in [1.807, 2.05) is 17.8 Å². The van der Waals surface area contributed by atoms with E-state index in [0.717, 1.165) is 18.6 Å². The second-order valence-electron chi connectivity index (χ2n) is 5.87. The molecule has 2 N–H and O–H groups in total. The molecule has 0 amide bonds. The van der Waals surface area contributed by atoms with Crippen LogP contribution in [0.2, 0.25) is 0 Å². The molecule has 0 spiro atoms. The molecule has 0 aliphatic heterocycles. The Morgan fingerprint density at radius 2 is 2.10 bits per heavy atom. The molecule has 0 bridgehead atoms. The van der Waals surface area contributed by atoms with Crippen LogP contribution in [0, 0.1) is 0 Å². The zero-order valence-corrected chi connectivity index (χ0v) is 14.5. The lowest BCUT2D eigenvalue weighted by atomic mass is 9.96. The van der Waals surface area contributed by atoms with Crippen LogP contribution in [0.15, 0.2) is 33.6 Å². The third-order valence-electron chi connectivity index (χ3n) is 3.70. The Hall–Kier alpha value is -0.0300. The van der Waals surface area contributed by atoms with Crippen LogP contribution in [0.3, 0.4) is 0 Å². The van der Waals surface area contributed by atoms with Crippen LogP contribution in [-0.2, 0) is 0 Å². The van der Waals surface area contributed by atoms with Crippen molar-refractivity contribution in [3.63, 3.8) is 0 Å². The number of aliphatic hydroxyl groups is 1. The predicted molar refractivity (Wildman–Crippen MR) is 90.4 cm³/mol. The summed E-state index contributed by atoms with van der Waals surface area (Å²) in [4.78, 5) is 1.31. The van der Waals surface area contributed by atoms with Crippen LogP contribution < -0.4 is 5.32 Å². The van der Waals surface area contributed by atoms with Gasteiger partial charge in [-0.15, -0.1) is 11.8 Å². The molecule has 2 rings (SSSR count). The average molecular weight is 358 g/mol. The molecular formula is C16H24BrNOS. The summed E-state index contributed by atoms with van der Waals surface area (Å²) in [5.41, 5.74) is -0.0842. The number of rotatable bonds is 9. The SMILES string of the molecule is CC(CO)(CCCCSc1ccccc1Br)NC1CC1. The Morgan fingerprint density at radius 3 is 2.75 bits per heavy atom. The number of halogens is 1. The maximum Gasteiger partial charge on any atom is 0.0610 e. The number of hydrogen-bond acceptors (Lipinski definition) is 3. The normalized spacial score (nSPS) is 17.9. The van der Waals surface area contributed by atoms with Crippen molar-refractivity contribution in [3.8, 4) is 0 Å². The lowest BCUT2D eigenvalue weighted by Crippen LogP contribution is -2.46. The third-order valence-corrected chi connectivity index (χ3v) is 5.81. The van der Waals surface area contributed by atoms with Crippen molar-refractivity contribution in [3.05, 3.63) is 28.7 Å². The van der Waals surface area contributed by atoms with Crippen molar-refractivity contribution in [1.29, 1.82) is 0 Å². The first-order valence-electron chi connectivity index (χ1n) is 7.39. The molecule has 0 saturated heterocycles. The zero-order chi connectivity index (χ0) is 14.4. The van der Waals surface area contributed by atoms with Gasteiger partial charge in [0.1, 0.15) is 0 Å². The summed E-state index contributed by atoms with van der Waals surface area (Å²) < 4.78 is 1.18. The van der Waals surface area contributed by atoms with Gasteiger partial charge in [-0.25, -0.2) is 0 Å². The van der Waals surface area contributed by atoms with Gasteiger partial charge in [0, 0.05) is 20.9 Å². The second kappa shape index (κ2) is 7.83. The first-order valence-corrected chi connectivity index (χ1v) is 9.17. The molecule has 4 heteroatoms. The Labute approximate surface area is 134 Å². The number of nitrogens with one attached hydrogen (secondary N) is 1. The summed E-state index contributed by atoms with van der Waals surface area (Å²) in [5.74, 6) is 1.13. The molecule has 1 unspecified atom stereocenters. The van der Waals surface area contributed by atoms with Crippen LogP contribution in [0.1, 0.15) is 39.0 Å². The van der Waals surface area contributed by atoms with Gasteiger partial charge in [-0.2, -0.15) is 0 Å². The monoisotopic (exact) mass is 357 g/mol. The van der Waals surface area contributed by atoms with Crippen LogP contribution in [0.4, 0.5) is 0 Å². The van der Waals surface area contributed by atoms with Gasteiger partial charge in [0.05, 0.1) is 6.61 Å². The summed E-state index contributed by atoms with van der Waals surface area (Å²) in [6.45, 7) is 2.38. The fraction of sp³-hybridized carbons (Fsp3) is 0.625. The summed E-state index contributed by atoms with van der Waals surface area (Å²) in [7, 11) is 0. The lowest BCUT2D eigenvalue weighted by molar-refractivity contribution is 0.161. The minimum atomic E-state index is -0.0842. The van der Waals surface area contributed by atoms with Crippen molar-refractivity contribution < 1.29 is 5.11 Å². The molecule has 20 heavy (non-hydrogen) atoms. The fourth-order valence-corrected chi connectivity index (χ4v) is 3.86. The van der Waals surface area contributed by atoms with Gasteiger partial charge in [0.2, 0.25) is 0 Å². The Morgan fingerprint density at radius 1 is 1.35 bits per heavy atom. The highest BCUT2D eigenvalue weighted by atomic mass is 79.9. The van der Waals surface area contributed by atoms with E-state index in [-0.39, 0.29) is 12.1 Å². The van der Waals surface area contributed by atoms with Crippen molar-refractivity contribution in [2.24, 2.45) is 0 Å². The van der Waals surface area contributed by atoms with E-state index in [1.165, 1.54) is 28.6 Å². The number of aliphatic hydroxyl groups excluding tert-OH is 1.